The number of hydrogen-bond donors (Lipinski definition) is 0. The van der Waals surface area contributed by atoms with Gasteiger partial charge in [-0.05, 0) is 30.0 Å². The van der Waals surface area contributed by atoms with E-state index in [2.05, 4.69) is 23.3 Å². The van der Waals surface area contributed by atoms with Gasteiger partial charge in [-0.15, -0.1) is 11.8 Å². The zero-order valence-corrected chi connectivity index (χ0v) is 18.2. The second-order valence-corrected chi connectivity index (χ2v) is 8.88. The molecule has 3 aromatic rings. The lowest BCUT2D eigenvalue weighted by molar-refractivity contribution is -0.118. The molecule has 0 atom stereocenters. The maximum Gasteiger partial charge on any atom is 0.233 e. The number of aromatic nitrogens is 1. The Morgan fingerprint density at radius 3 is 2.76 bits per heavy atom. The van der Waals surface area contributed by atoms with Crippen LogP contribution in [0.4, 0.5) is 5.13 Å². The molecular weight excluding hydrogens is 402 g/mol. The SMILES string of the molecule is CSc1ccc2nc(N(CCN3CCOCC3)C(=O)Cc3ccccc3)sc2c1. The first kappa shape index (κ1) is 20.3. The molecule has 0 unspecified atom stereocenters. The minimum Gasteiger partial charge on any atom is -0.379 e. The molecule has 1 amide bonds. The zero-order chi connectivity index (χ0) is 20.1. The highest BCUT2D eigenvalue weighted by Gasteiger charge is 2.22. The van der Waals surface area contributed by atoms with Gasteiger partial charge in [0.1, 0.15) is 0 Å². The zero-order valence-electron chi connectivity index (χ0n) is 16.5. The van der Waals surface area contributed by atoms with Gasteiger partial charge in [0.15, 0.2) is 5.13 Å². The summed E-state index contributed by atoms with van der Waals surface area (Å²) >= 11 is 3.32. The second kappa shape index (κ2) is 9.71. The van der Waals surface area contributed by atoms with E-state index in [1.54, 1.807) is 23.1 Å². The summed E-state index contributed by atoms with van der Waals surface area (Å²) < 4.78 is 6.57. The average Bonchev–Trinajstić information content (AvgIpc) is 3.18. The monoisotopic (exact) mass is 427 g/mol. The Hall–Kier alpha value is -1.93. The Morgan fingerprint density at radius 1 is 1.21 bits per heavy atom. The molecule has 7 heteroatoms. The van der Waals surface area contributed by atoms with Gasteiger partial charge in [0.2, 0.25) is 5.91 Å². The van der Waals surface area contributed by atoms with Crippen LogP contribution in [0.5, 0.6) is 0 Å². The first-order valence-electron chi connectivity index (χ1n) is 9.82. The summed E-state index contributed by atoms with van der Waals surface area (Å²) in [7, 11) is 0. The van der Waals surface area contributed by atoms with Crippen molar-refractivity contribution in [3.05, 3.63) is 54.1 Å². The normalized spacial score (nSPS) is 14.9. The van der Waals surface area contributed by atoms with E-state index in [-0.39, 0.29) is 5.91 Å². The van der Waals surface area contributed by atoms with Crippen LogP contribution in [0.15, 0.2) is 53.4 Å². The van der Waals surface area contributed by atoms with E-state index < -0.39 is 0 Å². The van der Waals surface area contributed by atoms with E-state index in [1.165, 1.54) is 4.90 Å². The molecule has 2 aromatic carbocycles. The summed E-state index contributed by atoms with van der Waals surface area (Å²) in [6, 6.07) is 16.2. The number of thioether (sulfide) groups is 1. The van der Waals surface area contributed by atoms with Crippen molar-refractivity contribution in [2.24, 2.45) is 0 Å². The molecule has 0 saturated carbocycles. The lowest BCUT2D eigenvalue weighted by Gasteiger charge is -2.29. The van der Waals surface area contributed by atoms with Gasteiger partial charge in [-0.2, -0.15) is 0 Å². The van der Waals surface area contributed by atoms with Gasteiger partial charge < -0.3 is 4.74 Å². The topological polar surface area (TPSA) is 45.7 Å². The number of carbonyl (C=O) groups is 1. The van der Waals surface area contributed by atoms with Gasteiger partial charge >= 0.3 is 0 Å². The molecule has 0 radical (unpaired) electrons. The number of fused-ring (bicyclic) bond motifs is 1. The molecule has 1 saturated heterocycles. The molecule has 2 heterocycles. The summed E-state index contributed by atoms with van der Waals surface area (Å²) in [6.45, 7) is 4.82. The average molecular weight is 428 g/mol. The quantitative estimate of drug-likeness (QED) is 0.535. The molecule has 1 aliphatic heterocycles. The van der Waals surface area contributed by atoms with Crippen molar-refractivity contribution < 1.29 is 9.53 Å². The Kier molecular flexibility index (Phi) is 6.82. The van der Waals surface area contributed by atoms with Crippen molar-refractivity contribution in [1.82, 2.24) is 9.88 Å². The Bertz CT molecular complexity index is 955. The number of anilines is 1. The molecule has 0 spiro atoms. The van der Waals surface area contributed by atoms with Gasteiger partial charge in [0.05, 0.1) is 29.9 Å². The summed E-state index contributed by atoms with van der Waals surface area (Å²) in [5.41, 5.74) is 1.98. The molecule has 0 aliphatic carbocycles. The number of thiazole rings is 1. The van der Waals surface area contributed by atoms with Crippen LogP contribution in [0.25, 0.3) is 10.2 Å². The Labute approximate surface area is 179 Å². The Morgan fingerprint density at radius 2 is 2.00 bits per heavy atom. The lowest BCUT2D eigenvalue weighted by Crippen LogP contribution is -2.43. The molecule has 4 rings (SSSR count). The highest BCUT2D eigenvalue weighted by Crippen LogP contribution is 2.32. The molecule has 0 bridgehead atoms. The van der Waals surface area contributed by atoms with Gasteiger partial charge in [0, 0.05) is 31.1 Å². The van der Waals surface area contributed by atoms with E-state index in [0.29, 0.717) is 13.0 Å². The van der Waals surface area contributed by atoms with Crippen molar-refractivity contribution in [2.75, 3.05) is 50.5 Å². The van der Waals surface area contributed by atoms with Crippen LogP contribution >= 0.6 is 23.1 Å². The summed E-state index contributed by atoms with van der Waals surface area (Å²) in [5, 5.41) is 0.785. The third-order valence-corrected chi connectivity index (χ3v) is 6.82. The predicted molar refractivity (Wildman–Crippen MR) is 121 cm³/mol. The molecule has 1 aromatic heterocycles. The third kappa shape index (κ3) is 5.17. The predicted octanol–water partition coefficient (Wildman–Crippen LogP) is 3.93. The highest BCUT2D eigenvalue weighted by molar-refractivity contribution is 7.98. The summed E-state index contributed by atoms with van der Waals surface area (Å²) in [4.78, 5) is 23.4. The van der Waals surface area contributed by atoms with Gasteiger partial charge in [0.25, 0.3) is 0 Å². The third-order valence-electron chi connectivity index (χ3n) is 5.06. The molecular formula is C22H25N3O2S2. The first-order chi connectivity index (χ1) is 14.2. The standard InChI is InChI=1S/C22H25N3O2S2/c1-28-18-7-8-19-20(16-18)29-22(23-19)25(10-9-24-11-13-27-14-12-24)21(26)15-17-5-3-2-4-6-17/h2-8,16H,9-15H2,1H3. The van der Waals surface area contributed by atoms with Crippen LogP contribution in [0, 0.1) is 0 Å². The van der Waals surface area contributed by atoms with E-state index >= 15 is 0 Å². The van der Waals surface area contributed by atoms with E-state index in [0.717, 1.165) is 53.8 Å². The van der Waals surface area contributed by atoms with Crippen LogP contribution in [0.2, 0.25) is 0 Å². The molecule has 152 valence electrons. The van der Waals surface area contributed by atoms with Gasteiger partial charge in [-0.25, -0.2) is 4.98 Å². The maximum atomic E-state index is 13.2. The fraction of sp³-hybridized carbons (Fsp3) is 0.364. The van der Waals surface area contributed by atoms with Gasteiger partial charge in [-0.1, -0.05) is 41.7 Å². The summed E-state index contributed by atoms with van der Waals surface area (Å²) in [5.74, 6) is 0.0913. The first-order valence-corrected chi connectivity index (χ1v) is 11.9. The lowest BCUT2D eigenvalue weighted by atomic mass is 10.1. The van der Waals surface area contributed by atoms with Crippen LogP contribution in [0.3, 0.4) is 0 Å². The van der Waals surface area contributed by atoms with Crippen molar-refractivity contribution >= 4 is 44.4 Å². The van der Waals surface area contributed by atoms with Crippen LogP contribution in [0.1, 0.15) is 5.56 Å². The molecule has 0 N–H and O–H groups in total. The van der Waals surface area contributed by atoms with Crippen LogP contribution < -0.4 is 4.90 Å². The van der Waals surface area contributed by atoms with Crippen molar-refractivity contribution in [3.8, 4) is 0 Å². The smallest absolute Gasteiger partial charge is 0.233 e. The molecule has 1 aliphatic rings. The minimum atomic E-state index is 0.0913. The van der Waals surface area contributed by atoms with Gasteiger partial charge in [-0.3, -0.25) is 14.6 Å². The fourth-order valence-corrected chi connectivity index (χ4v) is 4.96. The number of carbonyl (C=O) groups excluding carboxylic acids is 1. The van der Waals surface area contributed by atoms with Crippen LogP contribution in [-0.4, -0.2) is 61.4 Å². The molecule has 29 heavy (non-hydrogen) atoms. The highest BCUT2D eigenvalue weighted by atomic mass is 32.2. The van der Waals surface area contributed by atoms with Crippen molar-refractivity contribution in [1.29, 1.82) is 0 Å². The van der Waals surface area contributed by atoms with E-state index in [4.69, 9.17) is 9.72 Å². The number of nitrogens with zero attached hydrogens (tertiary/aromatic N) is 3. The van der Waals surface area contributed by atoms with Crippen molar-refractivity contribution in [2.45, 2.75) is 11.3 Å². The minimum absolute atomic E-state index is 0.0913. The van der Waals surface area contributed by atoms with Crippen LogP contribution in [-0.2, 0) is 16.0 Å². The van der Waals surface area contributed by atoms with E-state index in [1.807, 2.05) is 41.3 Å². The molecule has 1 fully saturated rings. The van der Waals surface area contributed by atoms with Crippen molar-refractivity contribution in [3.63, 3.8) is 0 Å². The number of ether oxygens (including phenoxy) is 1. The maximum absolute atomic E-state index is 13.2. The summed E-state index contributed by atoms with van der Waals surface area (Å²) in [6.07, 6.45) is 2.46. The number of benzene rings is 2. The number of hydrogen-bond acceptors (Lipinski definition) is 6. The number of morpholine rings is 1. The largest absolute Gasteiger partial charge is 0.379 e. The molecule has 5 nitrogen and oxygen atoms in total. The second-order valence-electron chi connectivity index (χ2n) is 6.99. The number of rotatable bonds is 7. The fourth-order valence-electron chi connectivity index (χ4n) is 3.39. The number of amides is 1. The van der Waals surface area contributed by atoms with E-state index in [9.17, 15) is 4.79 Å². The Balaban J connectivity index is 1.57.